The van der Waals surface area contributed by atoms with Crippen LogP contribution in [0.2, 0.25) is 10.0 Å². The number of nitrogens with zero attached hydrogens (tertiary/aromatic N) is 1. The molecule has 1 unspecified atom stereocenters. The van der Waals surface area contributed by atoms with Gasteiger partial charge in [0.15, 0.2) is 6.10 Å². The van der Waals surface area contributed by atoms with Gasteiger partial charge in [-0.3, -0.25) is 9.69 Å². The van der Waals surface area contributed by atoms with E-state index < -0.39 is 6.10 Å². The fraction of sp³-hybridized carbons (Fsp3) is 0.381. The number of hydrogen-bond donors (Lipinski definition) is 1. The van der Waals surface area contributed by atoms with E-state index in [1.54, 1.807) is 31.2 Å². The number of halogens is 2. The summed E-state index contributed by atoms with van der Waals surface area (Å²) in [6, 6.07) is 15.2. The molecule has 144 valence electrons. The highest BCUT2D eigenvalue weighted by Crippen LogP contribution is 2.19. The number of carbonyl (C=O) groups is 1. The van der Waals surface area contributed by atoms with Gasteiger partial charge in [0.2, 0.25) is 0 Å². The summed E-state index contributed by atoms with van der Waals surface area (Å²) in [6.07, 6.45) is 1.31. The summed E-state index contributed by atoms with van der Waals surface area (Å²) in [5, 5.41) is 4.45. The molecule has 0 radical (unpaired) electrons. The zero-order valence-electron chi connectivity index (χ0n) is 15.3. The Balaban J connectivity index is 1.42. The molecule has 6 heteroatoms. The summed E-state index contributed by atoms with van der Waals surface area (Å²) in [6.45, 7) is 4.58. The number of rotatable bonds is 6. The predicted molar refractivity (Wildman–Crippen MR) is 109 cm³/mol. The van der Waals surface area contributed by atoms with Gasteiger partial charge >= 0.3 is 0 Å². The van der Waals surface area contributed by atoms with Crippen LogP contribution in [-0.2, 0) is 11.3 Å². The second kappa shape index (κ2) is 9.45. The predicted octanol–water partition coefficient (Wildman–Crippen LogP) is 4.54. The Morgan fingerprint density at radius 3 is 2.52 bits per heavy atom. The molecule has 0 aliphatic carbocycles. The van der Waals surface area contributed by atoms with Crippen LogP contribution in [0.3, 0.4) is 0 Å². The van der Waals surface area contributed by atoms with Crippen molar-refractivity contribution < 1.29 is 9.53 Å². The monoisotopic (exact) mass is 406 g/mol. The van der Waals surface area contributed by atoms with E-state index >= 15 is 0 Å². The first kappa shape index (κ1) is 20.0. The van der Waals surface area contributed by atoms with Gasteiger partial charge in [0.05, 0.1) is 0 Å². The van der Waals surface area contributed by atoms with Gasteiger partial charge in [0.1, 0.15) is 5.75 Å². The van der Waals surface area contributed by atoms with Crippen molar-refractivity contribution >= 4 is 29.1 Å². The van der Waals surface area contributed by atoms with E-state index in [4.69, 9.17) is 27.9 Å². The van der Waals surface area contributed by atoms with E-state index in [1.165, 1.54) is 5.56 Å². The smallest absolute Gasteiger partial charge is 0.260 e. The van der Waals surface area contributed by atoms with E-state index in [9.17, 15) is 4.79 Å². The quantitative estimate of drug-likeness (QED) is 0.765. The molecule has 0 spiro atoms. The van der Waals surface area contributed by atoms with E-state index in [0.29, 0.717) is 10.8 Å². The second-order valence-electron chi connectivity index (χ2n) is 6.90. The van der Waals surface area contributed by atoms with E-state index in [1.807, 2.05) is 12.1 Å². The maximum atomic E-state index is 12.4. The SMILES string of the molecule is CC(Oc1cccc(Cl)c1)C(=O)NC1CCN(Cc2ccc(Cl)cc2)CC1. The zero-order chi connectivity index (χ0) is 19.2. The fourth-order valence-corrected chi connectivity index (χ4v) is 3.51. The topological polar surface area (TPSA) is 41.6 Å². The lowest BCUT2D eigenvalue weighted by molar-refractivity contribution is -0.128. The van der Waals surface area contributed by atoms with Crippen molar-refractivity contribution in [1.29, 1.82) is 0 Å². The Labute approximate surface area is 170 Å². The molecule has 0 aromatic heterocycles. The van der Waals surface area contributed by atoms with Crippen molar-refractivity contribution in [2.45, 2.75) is 38.5 Å². The number of carbonyl (C=O) groups excluding carboxylic acids is 1. The highest BCUT2D eigenvalue weighted by atomic mass is 35.5. The number of likely N-dealkylation sites (tertiary alicyclic amines) is 1. The third-order valence-corrected chi connectivity index (χ3v) is 5.22. The van der Waals surface area contributed by atoms with Gasteiger partial charge in [-0.2, -0.15) is 0 Å². The number of nitrogens with one attached hydrogen (secondary N) is 1. The minimum Gasteiger partial charge on any atom is -0.481 e. The molecule has 3 rings (SSSR count). The molecule has 1 atom stereocenters. The molecule has 1 fully saturated rings. The van der Waals surface area contributed by atoms with Crippen LogP contribution in [0.5, 0.6) is 5.75 Å². The first-order valence-corrected chi connectivity index (χ1v) is 9.94. The molecule has 1 amide bonds. The minimum absolute atomic E-state index is 0.0915. The summed E-state index contributed by atoms with van der Waals surface area (Å²) >= 11 is 11.9. The Bertz CT molecular complexity index is 759. The molecule has 1 saturated heterocycles. The summed E-state index contributed by atoms with van der Waals surface area (Å²) in [5.74, 6) is 0.508. The minimum atomic E-state index is -0.560. The lowest BCUT2D eigenvalue weighted by Gasteiger charge is -2.32. The molecule has 27 heavy (non-hydrogen) atoms. The number of ether oxygens (including phenoxy) is 1. The van der Waals surface area contributed by atoms with Crippen LogP contribution >= 0.6 is 23.2 Å². The Hall–Kier alpha value is -1.75. The zero-order valence-corrected chi connectivity index (χ0v) is 16.8. The van der Waals surface area contributed by atoms with Crippen molar-refractivity contribution in [2.24, 2.45) is 0 Å². The normalized spacial score (nSPS) is 16.7. The number of hydrogen-bond acceptors (Lipinski definition) is 3. The van der Waals surface area contributed by atoms with Gasteiger partial charge in [-0.05, 0) is 55.7 Å². The molecule has 1 heterocycles. The standard InChI is InChI=1S/C21H24Cl2N2O2/c1-15(27-20-4-2-3-18(23)13-20)21(26)24-19-9-11-25(12-10-19)14-16-5-7-17(22)8-6-16/h2-8,13,15,19H,9-12,14H2,1H3,(H,24,26). The second-order valence-corrected chi connectivity index (χ2v) is 7.78. The van der Waals surface area contributed by atoms with E-state index in [-0.39, 0.29) is 11.9 Å². The number of piperidine rings is 1. The van der Waals surface area contributed by atoms with Gasteiger partial charge < -0.3 is 10.1 Å². The summed E-state index contributed by atoms with van der Waals surface area (Å²) in [4.78, 5) is 14.8. The fourth-order valence-electron chi connectivity index (χ4n) is 3.20. The van der Waals surface area contributed by atoms with Gasteiger partial charge in [0, 0.05) is 35.7 Å². The van der Waals surface area contributed by atoms with E-state index in [2.05, 4.69) is 22.3 Å². The third kappa shape index (κ3) is 6.13. The molecule has 4 nitrogen and oxygen atoms in total. The highest BCUT2D eigenvalue weighted by Gasteiger charge is 2.23. The first-order chi connectivity index (χ1) is 13.0. The van der Waals surface area contributed by atoms with Crippen LogP contribution in [0.1, 0.15) is 25.3 Å². The Kier molecular flexibility index (Phi) is 7.00. The van der Waals surface area contributed by atoms with E-state index in [0.717, 1.165) is 37.5 Å². The molecule has 2 aromatic carbocycles. The van der Waals surface area contributed by atoms with Crippen LogP contribution in [0, 0.1) is 0 Å². The molecule has 1 aliphatic heterocycles. The van der Waals surface area contributed by atoms with Gasteiger partial charge in [0.25, 0.3) is 5.91 Å². The van der Waals surface area contributed by atoms with Crippen molar-refractivity contribution in [3.63, 3.8) is 0 Å². The van der Waals surface area contributed by atoms with Gasteiger partial charge in [-0.1, -0.05) is 41.4 Å². The average molecular weight is 407 g/mol. The van der Waals surface area contributed by atoms with Gasteiger partial charge in [-0.25, -0.2) is 0 Å². The van der Waals surface area contributed by atoms with Crippen LogP contribution < -0.4 is 10.1 Å². The highest BCUT2D eigenvalue weighted by molar-refractivity contribution is 6.30. The van der Waals surface area contributed by atoms with Crippen LogP contribution in [0.4, 0.5) is 0 Å². The Morgan fingerprint density at radius 2 is 1.85 bits per heavy atom. The lowest BCUT2D eigenvalue weighted by atomic mass is 10.0. The third-order valence-electron chi connectivity index (χ3n) is 4.73. The van der Waals surface area contributed by atoms with Crippen LogP contribution in [0.15, 0.2) is 48.5 Å². The van der Waals surface area contributed by atoms with Crippen LogP contribution in [-0.4, -0.2) is 36.0 Å². The van der Waals surface area contributed by atoms with Crippen molar-refractivity contribution in [1.82, 2.24) is 10.2 Å². The maximum absolute atomic E-state index is 12.4. The molecule has 2 aromatic rings. The number of benzene rings is 2. The van der Waals surface area contributed by atoms with Crippen molar-refractivity contribution in [2.75, 3.05) is 13.1 Å². The van der Waals surface area contributed by atoms with Crippen molar-refractivity contribution in [3.8, 4) is 5.75 Å². The molecule has 1 N–H and O–H groups in total. The van der Waals surface area contributed by atoms with Crippen LogP contribution in [0.25, 0.3) is 0 Å². The lowest BCUT2D eigenvalue weighted by Crippen LogP contribution is -2.47. The summed E-state index contributed by atoms with van der Waals surface area (Å²) in [7, 11) is 0. The largest absolute Gasteiger partial charge is 0.481 e. The number of amides is 1. The summed E-state index contributed by atoms with van der Waals surface area (Å²) < 4.78 is 5.69. The Morgan fingerprint density at radius 1 is 1.15 bits per heavy atom. The average Bonchev–Trinajstić information content (AvgIpc) is 2.65. The molecular weight excluding hydrogens is 383 g/mol. The van der Waals surface area contributed by atoms with Gasteiger partial charge in [-0.15, -0.1) is 0 Å². The maximum Gasteiger partial charge on any atom is 0.260 e. The molecule has 0 bridgehead atoms. The summed E-state index contributed by atoms with van der Waals surface area (Å²) in [5.41, 5.74) is 1.26. The van der Waals surface area contributed by atoms with Crippen molar-refractivity contribution in [3.05, 3.63) is 64.1 Å². The molecular formula is C21H24Cl2N2O2. The molecule has 1 aliphatic rings. The first-order valence-electron chi connectivity index (χ1n) is 9.19. The molecule has 0 saturated carbocycles.